The Morgan fingerprint density at radius 2 is 1.86 bits per heavy atom. The van der Waals surface area contributed by atoms with Crippen LogP contribution in [0.3, 0.4) is 0 Å². The summed E-state index contributed by atoms with van der Waals surface area (Å²) in [5.41, 5.74) is 1.11. The molecule has 0 radical (unpaired) electrons. The number of aliphatic imine (C=N–C) groups is 1. The molecule has 0 amide bonds. The van der Waals surface area contributed by atoms with Gasteiger partial charge in [-0.15, -0.1) is 0 Å². The highest BCUT2D eigenvalue weighted by atomic mass is 19.1. The summed E-state index contributed by atoms with van der Waals surface area (Å²) in [6, 6.07) is 6.59. The van der Waals surface area contributed by atoms with Crippen molar-refractivity contribution < 1.29 is 9.13 Å². The normalized spacial score (nSPS) is 11.5. The Hall–Kier alpha value is -1.62. The Kier molecular flexibility index (Phi) is 9.20. The summed E-state index contributed by atoms with van der Waals surface area (Å²) in [6.07, 6.45) is 2.94. The Morgan fingerprint density at radius 1 is 1.14 bits per heavy atom. The first-order chi connectivity index (χ1) is 10.3. The average Bonchev–Trinajstić information content (AvgIpc) is 2.50. The van der Waals surface area contributed by atoms with Gasteiger partial charge < -0.3 is 15.4 Å². The largest absolute Gasteiger partial charge is 0.382 e. The first-order valence-corrected chi connectivity index (χ1v) is 7.53. The number of benzene rings is 1. The van der Waals surface area contributed by atoms with Crippen molar-refractivity contribution in [1.82, 2.24) is 10.6 Å². The number of guanidine groups is 1. The highest BCUT2D eigenvalue weighted by molar-refractivity contribution is 5.79. The highest BCUT2D eigenvalue weighted by Crippen LogP contribution is 2.02. The lowest BCUT2D eigenvalue weighted by Gasteiger charge is -2.11. The molecule has 0 saturated carbocycles. The third kappa shape index (κ3) is 8.30. The van der Waals surface area contributed by atoms with Crippen LogP contribution >= 0.6 is 0 Å². The fourth-order valence-corrected chi connectivity index (χ4v) is 1.88. The Morgan fingerprint density at radius 3 is 2.52 bits per heavy atom. The van der Waals surface area contributed by atoms with Crippen molar-refractivity contribution >= 4 is 5.96 Å². The van der Waals surface area contributed by atoms with Crippen LogP contribution in [0.2, 0.25) is 0 Å². The molecule has 0 saturated heterocycles. The van der Waals surface area contributed by atoms with E-state index in [0.29, 0.717) is 0 Å². The molecule has 1 aromatic carbocycles. The minimum Gasteiger partial charge on any atom is -0.382 e. The second-order valence-electron chi connectivity index (χ2n) is 4.71. The lowest BCUT2D eigenvalue weighted by molar-refractivity contribution is 0.143. The van der Waals surface area contributed by atoms with Gasteiger partial charge in [0.15, 0.2) is 5.96 Å². The van der Waals surface area contributed by atoms with Crippen molar-refractivity contribution in [2.24, 2.45) is 4.99 Å². The summed E-state index contributed by atoms with van der Waals surface area (Å²) >= 11 is 0. The van der Waals surface area contributed by atoms with Gasteiger partial charge >= 0.3 is 0 Å². The summed E-state index contributed by atoms with van der Waals surface area (Å²) in [5, 5.41) is 6.51. The maximum absolute atomic E-state index is 12.8. The molecule has 0 spiro atoms. The molecule has 0 aliphatic heterocycles. The summed E-state index contributed by atoms with van der Waals surface area (Å²) < 4.78 is 18.1. The van der Waals surface area contributed by atoms with Gasteiger partial charge in [0.25, 0.3) is 0 Å². The second kappa shape index (κ2) is 11.1. The van der Waals surface area contributed by atoms with E-state index in [0.717, 1.165) is 57.1 Å². The number of nitrogens with zero attached hydrogens (tertiary/aromatic N) is 1. The molecule has 0 atom stereocenters. The van der Waals surface area contributed by atoms with Crippen molar-refractivity contribution in [2.45, 2.75) is 26.2 Å². The van der Waals surface area contributed by atoms with E-state index in [4.69, 9.17) is 4.74 Å². The van der Waals surface area contributed by atoms with Gasteiger partial charge in [-0.1, -0.05) is 12.1 Å². The van der Waals surface area contributed by atoms with E-state index in [2.05, 4.69) is 15.6 Å². The minimum absolute atomic E-state index is 0.198. The smallest absolute Gasteiger partial charge is 0.190 e. The first-order valence-electron chi connectivity index (χ1n) is 7.53. The zero-order chi connectivity index (χ0) is 15.3. The van der Waals surface area contributed by atoms with E-state index in [1.165, 1.54) is 12.1 Å². The van der Waals surface area contributed by atoms with Crippen LogP contribution < -0.4 is 10.6 Å². The quantitative estimate of drug-likeness (QED) is 0.417. The number of rotatable bonds is 9. The number of hydrogen-bond donors (Lipinski definition) is 2. The van der Waals surface area contributed by atoms with Crippen LogP contribution in [0, 0.1) is 5.82 Å². The number of nitrogens with one attached hydrogen (secondary N) is 2. The predicted octanol–water partition coefficient (Wildman–Crippen LogP) is 2.35. The van der Waals surface area contributed by atoms with E-state index >= 15 is 0 Å². The van der Waals surface area contributed by atoms with E-state index in [-0.39, 0.29) is 5.82 Å². The molecule has 5 heteroatoms. The van der Waals surface area contributed by atoms with Crippen molar-refractivity contribution in [1.29, 1.82) is 0 Å². The maximum atomic E-state index is 12.8. The molecule has 118 valence electrons. The van der Waals surface area contributed by atoms with Crippen molar-refractivity contribution in [3.63, 3.8) is 0 Å². The van der Waals surface area contributed by atoms with Gasteiger partial charge in [-0.3, -0.25) is 4.99 Å². The Balaban J connectivity index is 2.12. The molecule has 2 N–H and O–H groups in total. The summed E-state index contributed by atoms with van der Waals surface area (Å²) in [4.78, 5) is 4.17. The molecule has 0 fully saturated rings. The molecule has 21 heavy (non-hydrogen) atoms. The number of hydrogen-bond acceptors (Lipinski definition) is 2. The molecule has 0 aliphatic rings. The molecule has 0 unspecified atom stereocenters. The van der Waals surface area contributed by atoms with Gasteiger partial charge in [-0.25, -0.2) is 4.39 Å². The highest BCUT2D eigenvalue weighted by Gasteiger charge is 1.98. The third-order valence-electron chi connectivity index (χ3n) is 3.06. The van der Waals surface area contributed by atoms with Crippen LogP contribution in [0.25, 0.3) is 0 Å². The lowest BCUT2D eigenvalue weighted by atomic mass is 10.1. The van der Waals surface area contributed by atoms with Crippen molar-refractivity contribution in [3.05, 3.63) is 35.6 Å². The number of ether oxygens (including phenoxy) is 1. The molecule has 1 rings (SSSR count). The molecule has 4 nitrogen and oxygen atoms in total. The molecular weight excluding hydrogens is 269 g/mol. The lowest BCUT2D eigenvalue weighted by Crippen LogP contribution is -2.38. The van der Waals surface area contributed by atoms with Gasteiger partial charge in [0, 0.05) is 33.4 Å². The van der Waals surface area contributed by atoms with Crippen LogP contribution in [0.15, 0.2) is 29.3 Å². The molecule has 0 aliphatic carbocycles. The van der Waals surface area contributed by atoms with Crippen LogP contribution in [0.1, 0.15) is 25.3 Å². The van der Waals surface area contributed by atoms with Crippen LogP contribution in [-0.2, 0) is 11.2 Å². The third-order valence-corrected chi connectivity index (χ3v) is 3.06. The number of unbranched alkanes of at least 4 members (excludes halogenated alkanes) is 1. The fourth-order valence-electron chi connectivity index (χ4n) is 1.88. The zero-order valence-electron chi connectivity index (χ0n) is 13.0. The summed E-state index contributed by atoms with van der Waals surface area (Å²) in [5.74, 6) is 0.602. The summed E-state index contributed by atoms with van der Waals surface area (Å²) in [7, 11) is 1.76. The van der Waals surface area contributed by atoms with Gasteiger partial charge in [0.1, 0.15) is 5.82 Å². The Labute approximate surface area is 126 Å². The summed E-state index contributed by atoms with van der Waals surface area (Å²) in [6.45, 7) is 5.24. The van der Waals surface area contributed by atoms with E-state index in [1.54, 1.807) is 19.2 Å². The van der Waals surface area contributed by atoms with Gasteiger partial charge in [0.2, 0.25) is 0 Å². The monoisotopic (exact) mass is 295 g/mol. The zero-order valence-corrected chi connectivity index (χ0v) is 13.0. The minimum atomic E-state index is -0.198. The molecule has 0 aromatic heterocycles. The average molecular weight is 295 g/mol. The first kappa shape index (κ1) is 17.4. The SMILES string of the molecule is CCOCCCCNC(=NC)NCCc1ccc(F)cc1. The fraction of sp³-hybridized carbons (Fsp3) is 0.562. The standard InChI is InChI=1S/C16H26FN3O/c1-3-21-13-5-4-11-19-16(18-2)20-12-10-14-6-8-15(17)9-7-14/h6-9H,3-5,10-13H2,1-2H3,(H2,18,19,20). The number of halogens is 1. The van der Waals surface area contributed by atoms with E-state index < -0.39 is 0 Å². The van der Waals surface area contributed by atoms with E-state index in [1.807, 2.05) is 6.92 Å². The topological polar surface area (TPSA) is 45.6 Å². The van der Waals surface area contributed by atoms with Crippen molar-refractivity contribution in [2.75, 3.05) is 33.4 Å². The predicted molar refractivity (Wildman–Crippen MR) is 85.2 cm³/mol. The van der Waals surface area contributed by atoms with Gasteiger partial charge in [-0.2, -0.15) is 0 Å². The second-order valence-corrected chi connectivity index (χ2v) is 4.71. The Bertz CT molecular complexity index is 406. The van der Waals surface area contributed by atoms with Crippen LogP contribution in [-0.4, -0.2) is 39.3 Å². The van der Waals surface area contributed by atoms with E-state index in [9.17, 15) is 4.39 Å². The van der Waals surface area contributed by atoms with Crippen molar-refractivity contribution in [3.8, 4) is 0 Å². The van der Waals surface area contributed by atoms with Gasteiger partial charge in [-0.05, 0) is 43.9 Å². The van der Waals surface area contributed by atoms with Crippen LogP contribution in [0.4, 0.5) is 4.39 Å². The molecule has 0 bridgehead atoms. The van der Waals surface area contributed by atoms with Gasteiger partial charge in [0.05, 0.1) is 0 Å². The molecule has 1 aromatic rings. The maximum Gasteiger partial charge on any atom is 0.190 e. The molecule has 0 heterocycles. The molecular formula is C16H26FN3O. The van der Waals surface area contributed by atoms with Crippen LogP contribution in [0.5, 0.6) is 0 Å².